The zero-order chi connectivity index (χ0) is 9.07. The van der Waals surface area contributed by atoms with E-state index in [9.17, 15) is 0 Å². The van der Waals surface area contributed by atoms with E-state index in [-0.39, 0.29) is 20.5 Å². The maximum Gasteiger partial charge on any atom is 0.0889 e. The minimum Gasteiger partial charge on any atom is -0.367 e. The van der Waals surface area contributed by atoms with Gasteiger partial charge in [-0.25, -0.2) is 0 Å². The lowest BCUT2D eigenvalue weighted by atomic mass is 10.2. The molecule has 1 saturated heterocycles. The first-order chi connectivity index (χ1) is 4.90. The summed E-state index contributed by atoms with van der Waals surface area (Å²) in [6, 6.07) is 0. The summed E-state index contributed by atoms with van der Waals surface area (Å²) in [5.41, 5.74) is 1.59. The molecule has 0 spiro atoms. The summed E-state index contributed by atoms with van der Waals surface area (Å²) in [4.78, 5) is 0. The predicted octanol–water partition coefficient (Wildman–Crippen LogP) is 4.43. The Balaban J connectivity index is -0.000000136. The van der Waals surface area contributed by atoms with Crippen molar-refractivity contribution in [1.82, 2.24) is 0 Å². The van der Waals surface area contributed by atoms with Crippen LogP contribution < -0.4 is 0 Å². The molecular formula is C12H28O. The fourth-order valence-corrected chi connectivity index (χ4v) is 0.422. The molecule has 1 unspecified atom stereocenters. The molecule has 0 saturated carbocycles. The minimum absolute atomic E-state index is 0. The molecule has 1 nitrogen and oxygen atoms in total. The van der Waals surface area contributed by atoms with E-state index in [0.717, 1.165) is 0 Å². The van der Waals surface area contributed by atoms with Crippen molar-refractivity contribution in [1.29, 1.82) is 0 Å². The molecule has 1 aliphatic heterocycles. The monoisotopic (exact) mass is 188 g/mol. The fraction of sp³-hybridized carbons (Fsp3) is 0.833. The van der Waals surface area contributed by atoms with Crippen molar-refractivity contribution in [3.63, 3.8) is 0 Å². The van der Waals surface area contributed by atoms with E-state index in [4.69, 9.17) is 4.74 Å². The molecule has 0 aromatic heterocycles. The predicted molar refractivity (Wildman–Crippen MR) is 63.2 cm³/mol. The molecule has 1 aliphatic rings. The van der Waals surface area contributed by atoms with Gasteiger partial charge in [0.15, 0.2) is 0 Å². The Bertz CT molecular complexity index is 141. The van der Waals surface area contributed by atoms with Gasteiger partial charge in [0.05, 0.1) is 11.7 Å². The van der Waals surface area contributed by atoms with E-state index in [1.54, 1.807) is 0 Å². The Morgan fingerprint density at radius 3 is 1.38 bits per heavy atom. The topological polar surface area (TPSA) is 12.5 Å². The lowest BCUT2D eigenvalue weighted by Gasteiger charge is -1.84. The second-order valence-electron chi connectivity index (χ2n) is 3.73. The highest BCUT2D eigenvalue weighted by atomic mass is 16.6. The molecule has 0 aromatic rings. The van der Waals surface area contributed by atoms with Crippen LogP contribution in [0, 0.1) is 0 Å². The van der Waals surface area contributed by atoms with Crippen molar-refractivity contribution < 1.29 is 4.74 Å². The zero-order valence-electron chi connectivity index (χ0n) is 8.56. The van der Waals surface area contributed by atoms with Crippen molar-refractivity contribution in [3.8, 4) is 0 Å². The summed E-state index contributed by atoms with van der Waals surface area (Å²) in [5.74, 6) is 0. The summed E-state index contributed by atoms with van der Waals surface area (Å²) in [6.07, 6.45) is 2.58. The number of hydrogen-bond acceptors (Lipinski definition) is 1. The largest absolute Gasteiger partial charge is 0.367 e. The Labute approximate surface area is 85.2 Å². The molecule has 1 fully saturated rings. The number of allylic oxidation sites excluding steroid dienone is 2. The van der Waals surface area contributed by atoms with Crippen molar-refractivity contribution in [3.05, 3.63) is 11.6 Å². The molecule has 1 heteroatoms. The molecule has 0 aliphatic carbocycles. The Hall–Kier alpha value is -0.300. The van der Waals surface area contributed by atoms with E-state index >= 15 is 0 Å². The molecule has 0 aromatic carbocycles. The first-order valence-corrected chi connectivity index (χ1v) is 4.17. The zero-order valence-corrected chi connectivity index (χ0v) is 8.56. The van der Waals surface area contributed by atoms with Crippen LogP contribution >= 0.6 is 0 Å². The second kappa shape index (κ2) is 7.14. The van der Waals surface area contributed by atoms with E-state index in [0.29, 0.717) is 6.10 Å². The van der Waals surface area contributed by atoms with Crippen LogP contribution in [0.2, 0.25) is 0 Å². The van der Waals surface area contributed by atoms with Gasteiger partial charge in [0.1, 0.15) is 0 Å². The molecule has 1 heterocycles. The maximum absolute atomic E-state index is 5.10. The highest BCUT2D eigenvalue weighted by Gasteiger charge is 2.43. The van der Waals surface area contributed by atoms with Gasteiger partial charge >= 0.3 is 0 Å². The molecule has 1 atom stereocenters. The molecule has 0 radical (unpaired) electrons. The smallest absolute Gasteiger partial charge is 0.0889 e. The third-order valence-corrected chi connectivity index (χ3v) is 1.98. The third-order valence-electron chi connectivity index (χ3n) is 1.98. The maximum atomic E-state index is 5.10. The van der Waals surface area contributed by atoms with Gasteiger partial charge in [0.25, 0.3) is 0 Å². The second-order valence-corrected chi connectivity index (χ2v) is 3.73. The van der Waals surface area contributed by atoms with Gasteiger partial charge in [-0.05, 0) is 41.5 Å². The van der Waals surface area contributed by atoms with Crippen LogP contribution in [-0.2, 0) is 4.74 Å². The number of hydrogen-bond donors (Lipinski definition) is 0. The molecule has 0 N–H and O–H groups in total. The van der Waals surface area contributed by atoms with Gasteiger partial charge < -0.3 is 4.74 Å². The van der Waals surface area contributed by atoms with Crippen LogP contribution in [0.1, 0.15) is 56.4 Å². The third kappa shape index (κ3) is 9.62. The Kier molecular flexibility index (Phi) is 10.1. The van der Waals surface area contributed by atoms with Crippen LogP contribution in [0.4, 0.5) is 0 Å². The quantitative estimate of drug-likeness (QED) is 0.405. The van der Waals surface area contributed by atoms with Crippen molar-refractivity contribution in [2.75, 3.05) is 0 Å². The minimum atomic E-state index is 0. The average Bonchev–Trinajstić information content (AvgIpc) is 2.39. The van der Waals surface area contributed by atoms with Gasteiger partial charge in [0, 0.05) is 0 Å². The molecule has 1 rings (SSSR count). The normalized spacial score (nSPS) is 20.9. The highest BCUT2D eigenvalue weighted by molar-refractivity contribution is 4.90. The van der Waals surface area contributed by atoms with Crippen LogP contribution in [0.3, 0.4) is 0 Å². The lowest BCUT2D eigenvalue weighted by molar-refractivity contribution is 0.328. The first-order valence-electron chi connectivity index (χ1n) is 4.17. The molecular weight excluding hydrogens is 160 g/mol. The van der Waals surface area contributed by atoms with E-state index in [2.05, 4.69) is 40.7 Å². The Morgan fingerprint density at radius 1 is 1.23 bits per heavy atom. The van der Waals surface area contributed by atoms with Crippen molar-refractivity contribution >= 4 is 0 Å². The Morgan fingerprint density at radius 2 is 1.38 bits per heavy atom. The summed E-state index contributed by atoms with van der Waals surface area (Å²) >= 11 is 0. The van der Waals surface area contributed by atoms with Crippen LogP contribution in [0.5, 0.6) is 0 Å². The van der Waals surface area contributed by atoms with Crippen LogP contribution in [0.15, 0.2) is 11.6 Å². The molecule has 0 bridgehead atoms. The standard InChI is InChI=1S/C5H10O.C5H10.2CH4/c1-4-5(2,3)6-4;1-4-5(2)3;;/h4H,1-3H3;4H,1-3H3;2*1H4. The van der Waals surface area contributed by atoms with Gasteiger partial charge in [-0.1, -0.05) is 26.5 Å². The molecule has 0 amide bonds. The SMILES string of the molecule is C.C.CC1OC1(C)C.CC=C(C)C. The molecule has 82 valence electrons. The van der Waals surface area contributed by atoms with Crippen LogP contribution in [0.25, 0.3) is 0 Å². The number of epoxide rings is 1. The summed E-state index contributed by atoms with van der Waals surface area (Å²) < 4.78 is 5.10. The average molecular weight is 188 g/mol. The summed E-state index contributed by atoms with van der Waals surface area (Å²) in [7, 11) is 0. The van der Waals surface area contributed by atoms with Crippen molar-refractivity contribution in [2.45, 2.75) is 68.1 Å². The van der Waals surface area contributed by atoms with Crippen molar-refractivity contribution in [2.24, 2.45) is 0 Å². The lowest BCUT2D eigenvalue weighted by Crippen LogP contribution is -1.97. The van der Waals surface area contributed by atoms with Gasteiger partial charge in [-0.15, -0.1) is 0 Å². The summed E-state index contributed by atoms with van der Waals surface area (Å²) in [5, 5.41) is 0. The fourth-order valence-electron chi connectivity index (χ4n) is 0.422. The highest BCUT2D eigenvalue weighted by Crippen LogP contribution is 2.33. The van der Waals surface area contributed by atoms with E-state index in [1.807, 2.05) is 6.92 Å². The molecule has 13 heavy (non-hydrogen) atoms. The van der Waals surface area contributed by atoms with Crippen LogP contribution in [-0.4, -0.2) is 11.7 Å². The van der Waals surface area contributed by atoms with Gasteiger partial charge in [-0.3, -0.25) is 0 Å². The summed E-state index contributed by atoms with van der Waals surface area (Å²) in [6.45, 7) is 12.5. The van der Waals surface area contributed by atoms with E-state index in [1.165, 1.54) is 5.57 Å². The number of rotatable bonds is 0. The van der Waals surface area contributed by atoms with E-state index < -0.39 is 0 Å². The first kappa shape index (κ1) is 18.5. The van der Waals surface area contributed by atoms with Gasteiger partial charge in [0.2, 0.25) is 0 Å². The number of ether oxygens (including phenoxy) is 1. The van der Waals surface area contributed by atoms with Gasteiger partial charge in [-0.2, -0.15) is 0 Å².